The molecule has 29 heavy (non-hydrogen) atoms. The molecule has 2 aromatic rings. The van der Waals surface area contributed by atoms with Gasteiger partial charge in [0.05, 0.1) is 11.4 Å². The highest BCUT2D eigenvalue weighted by atomic mass is 127. The minimum Gasteiger partial charge on any atom is -0.349 e. The van der Waals surface area contributed by atoms with Gasteiger partial charge in [0.1, 0.15) is 11.5 Å². The Morgan fingerprint density at radius 2 is 1.86 bits per heavy atom. The number of anilines is 3. The van der Waals surface area contributed by atoms with Crippen LogP contribution in [0.25, 0.3) is 0 Å². The minimum atomic E-state index is -4.03. The number of nitrogens with one attached hydrogen (secondary N) is 3. The summed E-state index contributed by atoms with van der Waals surface area (Å²) >= 11 is 1.92. The molecule has 0 aromatic heterocycles. The molecule has 1 atom stereocenters. The van der Waals surface area contributed by atoms with Gasteiger partial charge in [-0.3, -0.25) is 4.72 Å². The van der Waals surface area contributed by atoms with Gasteiger partial charge in [-0.2, -0.15) is 12.7 Å². The molecule has 6 nitrogen and oxygen atoms in total. The number of nitrogens with zero attached hydrogens (tertiary/aromatic N) is 1. The highest BCUT2D eigenvalue weighted by Gasteiger charge is 2.34. The van der Waals surface area contributed by atoms with Crippen LogP contribution in [0.15, 0.2) is 30.3 Å². The van der Waals surface area contributed by atoms with Crippen LogP contribution in [0.4, 0.5) is 30.2 Å². The van der Waals surface area contributed by atoms with Crippen molar-refractivity contribution in [1.82, 2.24) is 9.62 Å². The van der Waals surface area contributed by atoms with Crippen LogP contribution in [0, 0.1) is 21.0 Å². The second-order valence-electron chi connectivity index (χ2n) is 6.60. The van der Waals surface area contributed by atoms with E-state index < -0.39 is 33.3 Å². The second kappa shape index (κ2) is 9.06. The van der Waals surface area contributed by atoms with Crippen LogP contribution in [0.3, 0.4) is 0 Å². The lowest BCUT2D eigenvalue weighted by molar-refractivity contribution is 0.382. The molecule has 158 valence electrons. The number of halogens is 4. The van der Waals surface area contributed by atoms with E-state index in [1.807, 2.05) is 22.6 Å². The molecular formula is C18H20F3IN4O2S. The van der Waals surface area contributed by atoms with E-state index in [0.717, 1.165) is 12.1 Å². The van der Waals surface area contributed by atoms with Crippen molar-refractivity contribution in [3.05, 3.63) is 51.4 Å². The number of hydrogen-bond donors (Lipinski definition) is 3. The third-order valence-corrected chi connectivity index (χ3v) is 6.84. The van der Waals surface area contributed by atoms with Gasteiger partial charge in [-0.15, -0.1) is 0 Å². The van der Waals surface area contributed by atoms with E-state index in [-0.39, 0.29) is 17.4 Å². The Hall–Kier alpha value is -1.57. The van der Waals surface area contributed by atoms with E-state index in [2.05, 4.69) is 15.4 Å². The molecule has 1 saturated heterocycles. The highest BCUT2D eigenvalue weighted by molar-refractivity contribution is 14.1. The van der Waals surface area contributed by atoms with Crippen molar-refractivity contribution in [1.29, 1.82) is 0 Å². The summed E-state index contributed by atoms with van der Waals surface area (Å²) in [6.07, 6.45) is 1.39. The van der Waals surface area contributed by atoms with E-state index >= 15 is 0 Å². The van der Waals surface area contributed by atoms with Crippen molar-refractivity contribution < 1.29 is 21.6 Å². The van der Waals surface area contributed by atoms with Gasteiger partial charge in [0, 0.05) is 22.7 Å². The molecule has 2 aromatic carbocycles. The number of rotatable bonds is 7. The maximum absolute atomic E-state index is 14.5. The van der Waals surface area contributed by atoms with Gasteiger partial charge in [0.25, 0.3) is 0 Å². The van der Waals surface area contributed by atoms with Crippen LogP contribution < -0.4 is 15.4 Å². The Balaban J connectivity index is 1.94. The summed E-state index contributed by atoms with van der Waals surface area (Å²) in [6.45, 7) is 0.789. The molecular weight excluding hydrogens is 520 g/mol. The van der Waals surface area contributed by atoms with Crippen molar-refractivity contribution in [3.63, 3.8) is 0 Å². The third-order valence-electron chi connectivity index (χ3n) is 4.60. The molecule has 3 N–H and O–H groups in total. The average molecular weight is 540 g/mol. The fourth-order valence-corrected chi connectivity index (χ4v) is 5.21. The SMILES string of the molecule is CNCC1CCCN1S(=O)(=O)Nc1ccc(F)c(F)c1Nc1ccc(I)cc1F. The van der Waals surface area contributed by atoms with Crippen LogP contribution in [-0.4, -0.2) is 38.9 Å². The van der Waals surface area contributed by atoms with Crippen LogP contribution in [0.1, 0.15) is 12.8 Å². The van der Waals surface area contributed by atoms with Crippen molar-refractivity contribution >= 4 is 49.9 Å². The molecule has 1 unspecified atom stereocenters. The predicted octanol–water partition coefficient (Wildman–Crippen LogP) is 3.79. The molecule has 11 heteroatoms. The predicted molar refractivity (Wildman–Crippen MR) is 115 cm³/mol. The van der Waals surface area contributed by atoms with Crippen LogP contribution in [-0.2, 0) is 10.2 Å². The standard InChI is InChI=1S/C18H20F3IN4O2S/c1-23-10-12-3-2-8-26(12)29(27,28)25-16-7-5-13(19)17(21)18(16)24-15-6-4-11(22)9-14(15)20/h4-7,9,12,23-25H,2-3,8,10H2,1H3. The minimum absolute atomic E-state index is 0.107. The number of hydrogen-bond acceptors (Lipinski definition) is 4. The van der Waals surface area contributed by atoms with Gasteiger partial charge in [0.15, 0.2) is 11.6 Å². The molecule has 0 aliphatic carbocycles. The summed E-state index contributed by atoms with van der Waals surface area (Å²) in [6, 6.07) is 5.84. The second-order valence-corrected chi connectivity index (χ2v) is 9.47. The topological polar surface area (TPSA) is 73.5 Å². The van der Waals surface area contributed by atoms with E-state index in [1.54, 1.807) is 13.1 Å². The zero-order chi connectivity index (χ0) is 21.2. The van der Waals surface area contributed by atoms with Gasteiger partial charge in [0.2, 0.25) is 0 Å². The maximum atomic E-state index is 14.5. The van der Waals surface area contributed by atoms with Crippen molar-refractivity contribution in [2.45, 2.75) is 18.9 Å². The van der Waals surface area contributed by atoms with Crippen LogP contribution in [0.2, 0.25) is 0 Å². The molecule has 0 radical (unpaired) electrons. The van der Waals surface area contributed by atoms with Gasteiger partial charge >= 0.3 is 10.2 Å². The van der Waals surface area contributed by atoms with Gasteiger partial charge in [-0.1, -0.05) is 0 Å². The summed E-state index contributed by atoms with van der Waals surface area (Å²) in [5, 5.41) is 5.42. The molecule has 1 fully saturated rings. The first-order valence-electron chi connectivity index (χ1n) is 8.87. The molecule has 1 heterocycles. The lowest BCUT2D eigenvalue weighted by Gasteiger charge is -2.25. The van der Waals surface area contributed by atoms with Crippen molar-refractivity contribution in [2.75, 3.05) is 30.2 Å². The lowest BCUT2D eigenvalue weighted by atomic mass is 10.2. The van der Waals surface area contributed by atoms with E-state index in [9.17, 15) is 21.6 Å². The summed E-state index contributed by atoms with van der Waals surface area (Å²) in [7, 11) is -2.30. The summed E-state index contributed by atoms with van der Waals surface area (Å²) in [4.78, 5) is 0. The molecule has 0 amide bonds. The highest BCUT2D eigenvalue weighted by Crippen LogP contribution is 2.33. The van der Waals surface area contributed by atoms with E-state index in [0.29, 0.717) is 29.5 Å². The molecule has 0 spiro atoms. The first kappa shape index (κ1) is 22.1. The Kier molecular flexibility index (Phi) is 6.91. The first-order valence-corrected chi connectivity index (χ1v) is 11.4. The number of likely N-dealkylation sites (N-methyl/N-ethyl adjacent to an activating group) is 1. The lowest BCUT2D eigenvalue weighted by Crippen LogP contribution is -2.43. The maximum Gasteiger partial charge on any atom is 0.302 e. The molecule has 0 saturated carbocycles. The van der Waals surface area contributed by atoms with Gasteiger partial charge < -0.3 is 10.6 Å². The summed E-state index contributed by atoms with van der Waals surface area (Å²) < 4.78 is 72.5. The first-order chi connectivity index (χ1) is 13.7. The van der Waals surface area contributed by atoms with Crippen LogP contribution in [0.5, 0.6) is 0 Å². The Labute approximate surface area is 181 Å². The normalized spacial score (nSPS) is 17.5. The monoisotopic (exact) mass is 540 g/mol. The Morgan fingerprint density at radius 3 is 2.55 bits per heavy atom. The summed E-state index contributed by atoms with van der Waals surface area (Å²) in [5.74, 6) is -3.17. The summed E-state index contributed by atoms with van der Waals surface area (Å²) in [5.41, 5.74) is -0.806. The third kappa shape index (κ3) is 4.95. The Bertz CT molecular complexity index is 1010. The fraction of sp³-hybridized carbons (Fsp3) is 0.333. The zero-order valence-electron chi connectivity index (χ0n) is 15.5. The molecule has 0 bridgehead atoms. The van der Waals surface area contributed by atoms with Gasteiger partial charge in [-0.05, 0) is 72.8 Å². The van der Waals surface area contributed by atoms with E-state index in [1.165, 1.54) is 16.4 Å². The fourth-order valence-electron chi connectivity index (χ4n) is 3.25. The smallest absolute Gasteiger partial charge is 0.302 e. The zero-order valence-corrected chi connectivity index (χ0v) is 18.5. The molecule has 1 aliphatic heterocycles. The van der Waals surface area contributed by atoms with Crippen molar-refractivity contribution in [3.8, 4) is 0 Å². The van der Waals surface area contributed by atoms with E-state index in [4.69, 9.17) is 0 Å². The average Bonchev–Trinajstić information content (AvgIpc) is 3.12. The molecule has 1 aliphatic rings. The Morgan fingerprint density at radius 1 is 1.14 bits per heavy atom. The van der Waals surface area contributed by atoms with Crippen LogP contribution >= 0.6 is 22.6 Å². The molecule has 3 rings (SSSR count). The number of benzene rings is 2. The quantitative estimate of drug-likeness (QED) is 0.468. The largest absolute Gasteiger partial charge is 0.349 e. The van der Waals surface area contributed by atoms with Crippen molar-refractivity contribution in [2.24, 2.45) is 0 Å². The van der Waals surface area contributed by atoms with Gasteiger partial charge in [-0.25, -0.2) is 13.2 Å².